The summed E-state index contributed by atoms with van der Waals surface area (Å²) in [4.78, 5) is 39.2. The smallest absolute Gasteiger partial charge is 0.333 e. The van der Waals surface area contributed by atoms with Gasteiger partial charge in [-0.3, -0.25) is 9.59 Å². The zero-order valence-electron chi connectivity index (χ0n) is 25.0. The second kappa shape index (κ2) is 9.53. The molecule has 4 fully saturated rings. The number of esters is 3. The van der Waals surface area contributed by atoms with Crippen molar-refractivity contribution < 1.29 is 48.0 Å². The fraction of sp³-hybridized carbons (Fsp3) is 0.656. The molecule has 10 unspecified atom stereocenters. The Kier molecular flexibility index (Phi) is 6.61. The van der Waals surface area contributed by atoms with E-state index in [1.54, 1.807) is 32.3 Å². The van der Waals surface area contributed by atoms with Gasteiger partial charge in [-0.1, -0.05) is 32.4 Å². The van der Waals surface area contributed by atoms with Crippen molar-refractivity contribution in [1.29, 1.82) is 0 Å². The predicted octanol–water partition coefficient (Wildman–Crippen LogP) is 3.77. The number of carbonyl (C=O) groups excluding carboxylic acids is 3. The van der Waals surface area contributed by atoms with Gasteiger partial charge in [-0.25, -0.2) is 4.79 Å². The van der Waals surface area contributed by atoms with E-state index >= 15 is 0 Å². The van der Waals surface area contributed by atoms with E-state index < -0.39 is 76.0 Å². The number of methoxy groups -OCH3 is 1. The molecule has 228 valence electrons. The van der Waals surface area contributed by atoms with Crippen LogP contribution in [0, 0.1) is 34.0 Å². The number of carbonyl (C=O) groups is 3. The summed E-state index contributed by atoms with van der Waals surface area (Å²) in [6.07, 6.45) is 2.98. The van der Waals surface area contributed by atoms with E-state index in [2.05, 4.69) is 6.92 Å². The molecule has 1 saturated carbocycles. The van der Waals surface area contributed by atoms with Crippen molar-refractivity contribution in [3.05, 3.63) is 47.0 Å². The molecule has 42 heavy (non-hydrogen) atoms. The fourth-order valence-electron chi connectivity index (χ4n) is 9.22. The average Bonchev–Trinajstić information content (AvgIpc) is 3.49. The lowest BCUT2D eigenvalue weighted by molar-refractivity contribution is -0.427. The van der Waals surface area contributed by atoms with E-state index in [0.717, 1.165) is 11.1 Å². The first-order valence-corrected chi connectivity index (χ1v) is 14.7. The van der Waals surface area contributed by atoms with Crippen LogP contribution in [0.1, 0.15) is 72.0 Å². The maximum Gasteiger partial charge on any atom is 0.333 e. The summed E-state index contributed by atoms with van der Waals surface area (Å²) in [5.74, 6) is -5.41. The molecule has 0 amide bonds. The van der Waals surface area contributed by atoms with Crippen LogP contribution in [0.25, 0.3) is 0 Å². The van der Waals surface area contributed by atoms with Crippen LogP contribution in [0.3, 0.4) is 0 Å². The van der Waals surface area contributed by atoms with Crippen molar-refractivity contribution in [1.82, 2.24) is 0 Å². The minimum absolute atomic E-state index is 0.0233. The third-order valence-electron chi connectivity index (χ3n) is 11.6. The van der Waals surface area contributed by atoms with Gasteiger partial charge >= 0.3 is 17.9 Å². The molecule has 3 aliphatic carbocycles. The van der Waals surface area contributed by atoms with E-state index in [-0.39, 0.29) is 19.4 Å². The van der Waals surface area contributed by atoms with E-state index in [1.807, 2.05) is 13.8 Å². The van der Waals surface area contributed by atoms with E-state index in [0.29, 0.717) is 24.0 Å². The van der Waals surface area contributed by atoms with E-state index in [9.17, 15) is 24.6 Å². The second-order valence-corrected chi connectivity index (χ2v) is 13.4. The highest BCUT2D eigenvalue weighted by Gasteiger charge is 2.80. The molecule has 4 heterocycles. The molecule has 10 nitrogen and oxygen atoms in total. The highest BCUT2D eigenvalue weighted by Crippen LogP contribution is 2.74. The normalized spacial score (nSPS) is 44.2. The topological polar surface area (TPSA) is 142 Å². The Morgan fingerprint density at radius 1 is 1.21 bits per heavy atom. The summed E-state index contributed by atoms with van der Waals surface area (Å²) in [5.41, 5.74) is -0.0939. The molecule has 3 saturated heterocycles. The molecular weight excluding hydrogens is 544 g/mol. The Balaban J connectivity index is 1.56. The van der Waals surface area contributed by atoms with E-state index in [4.69, 9.17) is 23.4 Å². The molecule has 3 aliphatic heterocycles. The van der Waals surface area contributed by atoms with Crippen LogP contribution in [0.2, 0.25) is 0 Å². The largest absolute Gasteiger partial charge is 0.472 e. The molecule has 0 radical (unpaired) electrons. The highest BCUT2D eigenvalue weighted by molar-refractivity contribution is 5.88. The van der Waals surface area contributed by atoms with Gasteiger partial charge in [0.1, 0.15) is 12.2 Å². The third kappa shape index (κ3) is 3.58. The molecule has 1 aromatic heterocycles. The number of aliphatic hydroxyl groups is 2. The summed E-state index contributed by atoms with van der Waals surface area (Å²) >= 11 is 0. The Morgan fingerprint density at radius 2 is 1.95 bits per heavy atom. The molecule has 2 N–H and O–H groups in total. The quantitative estimate of drug-likeness (QED) is 0.227. The van der Waals surface area contributed by atoms with Crippen LogP contribution >= 0.6 is 0 Å². The van der Waals surface area contributed by atoms with Crippen molar-refractivity contribution in [3.63, 3.8) is 0 Å². The van der Waals surface area contributed by atoms with Crippen LogP contribution in [0.4, 0.5) is 0 Å². The van der Waals surface area contributed by atoms with Crippen molar-refractivity contribution in [3.8, 4) is 0 Å². The maximum absolute atomic E-state index is 13.2. The van der Waals surface area contributed by atoms with Crippen LogP contribution in [0.5, 0.6) is 0 Å². The number of rotatable bonds is 5. The molecule has 0 spiro atoms. The number of aliphatic hydroxyl groups excluding tert-OH is 1. The van der Waals surface area contributed by atoms with Gasteiger partial charge in [-0.05, 0) is 44.2 Å². The molecule has 1 aromatic rings. The molecule has 10 atom stereocenters. The molecular formula is C32H40O10. The lowest BCUT2D eigenvalue weighted by Crippen LogP contribution is -2.81. The van der Waals surface area contributed by atoms with Crippen molar-refractivity contribution in [2.75, 3.05) is 13.7 Å². The lowest BCUT2D eigenvalue weighted by Gasteiger charge is -2.73. The predicted molar refractivity (Wildman–Crippen MR) is 146 cm³/mol. The number of fused-ring (bicyclic) bond motifs is 3. The summed E-state index contributed by atoms with van der Waals surface area (Å²) in [7, 11) is 1.32. The number of hydrogen-bond acceptors (Lipinski definition) is 10. The number of allylic oxidation sites excluding steroid dienone is 1. The molecule has 7 rings (SSSR count). The Hall–Kier alpha value is -2.95. The van der Waals surface area contributed by atoms with Gasteiger partial charge in [0.25, 0.3) is 0 Å². The zero-order chi connectivity index (χ0) is 30.4. The molecule has 10 heteroatoms. The number of hydrogen-bond donors (Lipinski definition) is 2. The molecule has 4 bridgehead atoms. The van der Waals surface area contributed by atoms with Gasteiger partial charge in [0, 0.05) is 33.3 Å². The molecule has 6 aliphatic rings. The maximum atomic E-state index is 13.2. The first-order chi connectivity index (χ1) is 19.8. The minimum Gasteiger partial charge on any atom is -0.472 e. The summed E-state index contributed by atoms with van der Waals surface area (Å²) in [6.45, 7) is 9.23. The average molecular weight is 585 g/mol. The standard InChI is InChI=1S/C32H40O10/c1-7-16(2)28(36)42-27-24-25(35)23-18(31(5)20(13-21(33)38-6)30(27,4)15-40-32(24,31)37)8-10-29(3)19(23)12-22(34)41-26(29)17-9-11-39-14-17/h7,9,11,14,19-20,24-27,35,37H,8,10,12-13,15H2,1-6H3. The van der Waals surface area contributed by atoms with Crippen LogP contribution in [-0.2, 0) is 33.3 Å². The highest BCUT2D eigenvalue weighted by atomic mass is 16.6. The first kappa shape index (κ1) is 29.1. The number of ether oxygens (including phenoxy) is 4. The summed E-state index contributed by atoms with van der Waals surface area (Å²) in [5, 5.41) is 24.9. The van der Waals surface area contributed by atoms with Gasteiger partial charge in [-0.15, -0.1) is 0 Å². The first-order valence-electron chi connectivity index (χ1n) is 14.7. The number of cyclic esters (lactones) is 1. The SMILES string of the molecule is CC=C(C)C(=O)OC1C2C(O)C3=C(CCC4(C)C3CC(=O)OC4c3ccoc3)C3(C)C(CC(=O)OC)C1(C)COC23O. The molecule has 0 aromatic carbocycles. The van der Waals surface area contributed by atoms with Gasteiger partial charge in [0.2, 0.25) is 0 Å². The van der Waals surface area contributed by atoms with Gasteiger partial charge in [0.05, 0.1) is 51.1 Å². The Bertz CT molecular complexity index is 1380. The van der Waals surface area contributed by atoms with Gasteiger partial charge in [0.15, 0.2) is 5.79 Å². The minimum atomic E-state index is -1.94. The Morgan fingerprint density at radius 3 is 2.60 bits per heavy atom. The van der Waals surface area contributed by atoms with Crippen molar-refractivity contribution in [2.24, 2.45) is 34.0 Å². The fourth-order valence-corrected chi connectivity index (χ4v) is 9.22. The number of furan rings is 1. The van der Waals surface area contributed by atoms with Gasteiger partial charge in [-0.2, -0.15) is 0 Å². The zero-order valence-corrected chi connectivity index (χ0v) is 25.0. The van der Waals surface area contributed by atoms with Crippen LogP contribution in [-0.4, -0.2) is 59.8 Å². The van der Waals surface area contributed by atoms with Crippen LogP contribution in [0.15, 0.2) is 45.8 Å². The van der Waals surface area contributed by atoms with Crippen LogP contribution < -0.4 is 0 Å². The lowest BCUT2D eigenvalue weighted by atomic mass is 9.38. The summed E-state index contributed by atoms with van der Waals surface area (Å²) < 4.78 is 28.8. The Labute approximate surface area is 245 Å². The van der Waals surface area contributed by atoms with Gasteiger partial charge < -0.3 is 33.6 Å². The van der Waals surface area contributed by atoms with Crippen molar-refractivity contribution >= 4 is 17.9 Å². The van der Waals surface area contributed by atoms with Crippen molar-refractivity contribution in [2.45, 2.75) is 84.4 Å². The monoisotopic (exact) mass is 584 g/mol. The van der Waals surface area contributed by atoms with E-state index in [1.165, 1.54) is 13.4 Å². The second-order valence-electron chi connectivity index (χ2n) is 13.4. The summed E-state index contributed by atoms with van der Waals surface area (Å²) in [6, 6.07) is 1.78. The third-order valence-corrected chi connectivity index (χ3v) is 11.6.